The van der Waals surface area contributed by atoms with Crippen molar-refractivity contribution in [3.8, 4) is 5.75 Å². The third-order valence-electron chi connectivity index (χ3n) is 4.69. The first kappa shape index (κ1) is 23.2. The van der Waals surface area contributed by atoms with Gasteiger partial charge >= 0.3 is 6.36 Å². The predicted molar refractivity (Wildman–Crippen MR) is 101 cm³/mol. The number of carbonyl (C=O) groups excluding carboxylic acids is 2. The molecule has 8 nitrogen and oxygen atoms in total. The van der Waals surface area contributed by atoms with Crippen molar-refractivity contribution in [1.29, 1.82) is 0 Å². The molecule has 2 atom stereocenters. The van der Waals surface area contributed by atoms with Gasteiger partial charge in [-0.1, -0.05) is 0 Å². The molecule has 2 aromatic rings. The molecule has 0 spiro atoms. The van der Waals surface area contributed by atoms with E-state index in [9.17, 15) is 31.5 Å². The summed E-state index contributed by atoms with van der Waals surface area (Å²) in [5.74, 6) is -4.80. The second kappa shape index (κ2) is 8.94. The molecule has 0 saturated carbocycles. The standard InChI is InChI=1S/C19H17F5N4O4/c1-31-16-13(3-2-11(20)15(16)21)28-8-10(32-19(22,23)24)7-14(28)18(30)27-9-4-5-26-12(6-9)17(25)29/h2-6,10,14H,7-8H2,1H3,(H2,25,29)(H,26,27,30)/t10-,14+/m1/s1. The number of rotatable bonds is 6. The van der Waals surface area contributed by atoms with Crippen molar-refractivity contribution >= 4 is 23.2 Å². The van der Waals surface area contributed by atoms with Crippen LogP contribution in [0.1, 0.15) is 16.9 Å². The first-order valence-electron chi connectivity index (χ1n) is 9.10. The molecule has 32 heavy (non-hydrogen) atoms. The Hall–Kier alpha value is -3.48. The zero-order chi connectivity index (χ0) is 23.6. The number of nitrogens with two attached hydrogens (primary N) is 1. The lowest BCUT2D eigenvalue weighted by Gasteiger charge is -2.27. The summed E-state index contributed by atoms with van der Waals surface area (Å²) >= 11 is 0. The van der Waals surface area contributed by atoms with Crippen molar-refractivity contribution in [2.24, 2.45) is 5.73 Å². The summed E-state index contributed by atoms with van der Waals surface area (Å²) in [6.07, 6.45) is -5.65. The second-order valence-corrected chi connectivity index (χ2v) is 6.79. The Morgan fingerprint density at radius 3 is 2.59 bits per heavy atom. The maximum Gasteiger partial charge on any atom is 0.522 e. The van der Waals surface area contributed by atoms with E-state index in [1.54, 1.807) is 0 Å². The lowest BCUT2D eigenvalue weighted by atomic mass is 10.1. The molecule has 2 heterocycles. The summed E-state index contributed by atoms with van der Waals surface area (Å²) < 4.78 is 75.0. The molecule has 3 rings (SSSR count). The van der Waals surface area contributed by atoms with Gasteiger partial charge < -0.3 is 20.7 Å². The highest BCUT2D eigenvalue weighted by Crippen LogP contribution is 2.38. The van der Waals surface area contributed by atoms with Crippen LogP contribution in [0.5, 0.6) is 5.75 Å². The number of amides is 2. The smallest absolute Gasteiger partial charge is 0.491 e. The van der Waals surface area contributed by atoms with Crippen LogP contribution in [-0.4, -0.2) is 49.0 Å². The van der Waals surface area contributed by atoms with Crippen LogP contribution in [0, 0.1) is 11.6 Å². The number of carbonyl (C=O) groups is 2. The monoisotopic (exact) mass is 460 g/mol. The molecular formula is C19H17F5N4O4. The highest BCUT2D eigenvalue weighted by atomic mass is 19.4. The third-order valence-corrected chi connectivity index (χ3v) is 4.69. The first-order valence-corrected chi connectivity index (χ1v) is 9.10. The average molecular weight is 460 g/mol. The van der Waals surface area contributed by atoms with Gasteiger partial charge in [0.05, 0.1) is 18.9 Å². The van der Waals surface area contributed by atoms with E-state index < -0.39 is 60.7 Å². The van der Waals surface area contributed by atoms with Crippen LogP contribution >= 0.6 is 0 Å². The SMILES string of the molecule is COc1c(N2C[C@H](OC(F)(F)F)C[C@H]2C(=O)Nc2ccnc(C(N)=O)c2)ccc(F)c1F. The van der Waals surface area contributed by atoms with Gasteiger partial charge in [-0.15, -0.1) is 13.2 Å². The van der Waals surface area contributed by atoms with Gasteiger partial charge in [0.25, 0.3) is 5.91 Å². The molecule has 0 aliphatic carbocycles. The molecule has 0 bridgehead atoms. The number of aromatic nitrogens is 1. The average Bonchev–Trinajstić information content (AvgIpc) is 3.12. The Bertz CT molecular complexity index is 1030. The minimum Gasteiger partial charge on any atom is -0.491 e. The van der Waals surface area contributed by atoms with E-state index in [-0.39, 0.29) is 17.1 Å². The van der Waals surface area contributed by atoms with Gasteiger partial charge in [0.15, 0.2) is 11.6 Å². The number of methoxy groups -OCH3 is 1. The zero-order valence-electron chi connectivity index (χ0n) is 16.5. The highest BCUT2D eigenvalue weighted by Gasteiger charge is 2.44. The summed E-state index contributed by atoms with van der Waals surface area (Å²) in [6, 6.07) is 3.10. The maximum absolute atomic E-state index is 14.2. The summed E-state index contributed by atoms with van der Waals surface area (Å²) in [5, 5.41) is 2.45. The van der Waals surface area contributed by atoms with Gasteiger partial charge in [0.1, 0.15) is 11.7 Å². The molecule has 1 saturated heterocycles. The Labute approximate surface area is 178 Å². The van der Waals surface area contributed by atoms with Crippen molar-refractivity contribution in [2.45, 2.75) is 24.9 Å². The van der Waals surface area contributed by atoms with E-state index in [0.717, 1.165) is 24.1 Å². The fourth-order valence-corrected chi connectivity index (χ4v) is 3.40. The molecule has 1 fully saturated rings. The first-order chi connectivity index (χ1) is 15.0. The predicted octanol–water partition coefficient (Wildman–Crippen LogP) is 2.59. The number of primary amides is 1. The lowest BCUT2D eigenvalue weighted by molar-refractivity contribution is -0.339. The number of halogens is 5. The maximum atomic E-state index is 14.2. The number of hydrogen-bond donors (Lipinski definition) is 2. The fourth-order valence-electron chi connectivity index (χ4n) is 3.40. The largest absolute Gasteiger partial charge is 0.522 e. The fraction of sp³-hybridized carbons (Fsp3) is 0.316. The van der Waals surface area contributed by atoms with E-state index in [1.165, 1.54) is 18.3 Å². The van der Waals surface area contributed by atoms with E-state index in [2.05, 4.69) is 15.0 Å². The normalized spacial score (nSPS) is 18.5. The number of anilines is 2. The zero-order valence-corrected chi connectivity index (χ0v) is 16.5. The second-order valence-electron chi connectivity index (χ2n) is 6.79. The molecule has 1 aliphatic rings. The number of ether oxygens (including phenoxy) is 2. The summed E-state index contributed by atoms with van der Waals surface area (Å²) in [4.78, 5) is 29.0. The lowest BCUT2D eigenvalue weighted by Crippen LogP contribution is -2.40. The highest BCUT2D eigenvalue weighted by molar-refractivity contribution is 5.99. The number of nitrogens with zero attached hydrogens (tertiary/aromatic N) is 2. The van der Waals surface area contributed by atoms with Gasteiger partial charge in [-0.05, 0) is 24.3 Å². The van der Waals surface area contributed by atoms with Crippen LogP contribution < -0.4 is 20.7 Å². The number of nitrogens with one attached hydrogen (secondary N) is 1. The molecule has 3 N–H and O–H groups in total. The quantitative estimate of drug-likeness (QED) is 0.642. The molecule has 0 radical (unpaired) electrons. The van der Waals surface area contributed by atoms with Crippen LogP contribution in [0.25, 0.3) is 0 Å². The van der Waals surface area contributed by atoms with E-state index in [1.807, 2.05) is 0 Å². The van der Waals surface area contributed by atoms with Gasteiger partial charge in [0, 0.05) is 24.8 Å². The molecule has 1 aliphatic heterocycles. The Morgan fingerprint density at radius 1 is 1.25 bits per heavy atom. The van der Waals surface area contributed by atoms with Crippen LogP contribution in [0.3, 0.4) is 0 Å². The van der Waals surface area contributed by atoms with Gasteiger partial charge in [-0.25, -0.2) is 4.39 Å². The van der Waals surface area contributed by atoms with Crippen LogP contribution in [0.2, 0.25) is 0 Å². The molecular weight excluding hydrogens is 443 g/mol. The van der Waals surface area contributed by atoms with Crippen molar-refractivity contribution < 1.29 is 41.0 Å². The summed E-state index contributed by atoms with van der Waals surface area (Å²) in [7, 11) is 1.05. The van der Waals surface area contributed by atoms with Crippen molar-refractivity contribution in [3.63, 3.8) is 0 Å². The minimum absolute atomic E-state index is 0.108. The van der Waals surface area contributed by atoms with E-state index in [0.29, 0.717) is 0 Å². The Balaban J connectivity index is 1.93. The third kappa shape index (κ3) is 5.04. The summed E-state index contributed by atoms with van der Waals surface area (Å²) in [5.41, 5.74) is 4.97. The molecule has 2 amide bonds. The van der Waals surface area contributed by atoms with Crippen molar-refractivity contribution in [2.75, 3.05) is 23.9 Å². The Morgan fingerprint density at radius 2 is 1.97 bits per heavy atom. The van der Waals surface area contributed by atoms with Gasteiger partial charge in [-0.2, -0.15) is 4.39 Å². The Kier molecular flexibility index (Phi) is 6.48. The van der Waals surface area contributed by atoms with Crippen LogP contribution in [0.15, 0.2) is 30.5 Å². The van der Waals surface area contributed by atoms with Gasteiger partial charge in [0.2, 0.25) is 11.7 Å². The summed E-state index contributed by atoms with van der Waals surface area (Å²) in [6.45, 7) is -0.456. The van der Waals surface area contributed by atoms with Crippen molar-refractivity contribution in [1.82, 2.24) is 4.98 Å². The van der Waals surface area contributed by atoms with E-state index >= 15 is 0 Å². The van der Waals surface area contributed by atoms with Gasteiger partial charge in [-0.3, -0.25) is 19.3 Å². The van der Waals surface area contributed by atoms with Crippen LogP contribution in [0.4, 0.5) is 33.3 Å². The number of pyridine rings is 1. The van der Waals surface area contributed by atoms with Crippen LogP contribution in [-0.2, 0) is 9.53 Å². The molecule has 13 heteroatoms. The molecule has 0 unspecified atom stereocenters. The molecule has 172 valence electrons. The molecule has 1 aromatic heterocycles. The van der Waals surface area contributed by atoms with E-state index in [4.69, 9.17) is 10.5 Å². The number of benzene rings is 1. The number of hydrogen-bond acceptors (Lipinski definition) is 6. The van der Waals surface area contributed by atoms with Crippen molar-refractivity contribution in [3.05, 3.63) is 47.8 Å². The molecule has 1 aromatic carbocycles. The minimum atomic E-state index is -4.97. The number of alkyl halides is 3. The topological polar surface area (TPSA) is 107 Å².